The Bertz CT molecular complexity index is 640. The maximum atomic E-state index is 11.9. The summed E-state index contributed by atoms with van der Waals surface area (Å²) in [5.41, 5.74) is 9.73. The molecule has 2 N–H and O–H groups in total. The summed E-state index contributed by atoms with van der Waals surface area (Å²) in [5, 5.41) is 0. The Labute approximate surface area is 150 Å². The number of hydrogen-bond donors (Lipinski definition) is 1. The minimum atomic E-state index is -0.264. The SMILES string of the molecule is CCOC(=O)C(CCC(N)c1ccc(-c2ccccc2)cc1)COC. The van der Waals surface area contributed by atoms with E-state index in [9.17, 15) is 4.79 Å². The number of benzene rings is 2. The highest BCUT2D eigenvalue weighted by Crippen LogP contribution is 2.24. The van der Waals surface area contributed by atoms with Crippen LogP contribution in [0.3, 0.4) is 0 Å². The molecule has 0 amide bonds. The molecule has 0 bridgehead atoms. The predicted octanol–water partition coefficient (Wildman–Crippen LogP) is 3.96. The van der Waals surface area contributed by atoms with Gasteiger partial charge in [0.25, 0.3) is 0 Å². The largest absolute Gasteiger partial charge is 0.466 e. The molecule has 0 saturated carbocycles. The van der Waals surface area contributed by atoms with Gasteiger partial charge in [0.15, 0.2) is 0 Å². The van der Waals surface area contributed by atoms with Gasteiger partial charge >= 0.3 is 5.97 Å². The summed E-state index contributed by atoms with van der Waals surface area (Å²) in [6, 6.07) is 18.4. The molecule has 0 heterocycles. The molecule has 0 aliphatic carbocycles. The van der Waals surface area contributed by atoms with E-state index >= 15 is 0 Å². The molecule has 25 heavy (non-hydrogen) atoms. The molecular formula is C21H27NO3. The second-order valence-corrected chi connectivity index (χ2v) is 6.08. The Morgan fingerprint density at radius 1 is 1.00 bits per heavy atom. The van der Waals surface area contributed by atoms with Crippen LogP contribution in [0.5, 0.6) is 0 Å². The summed E-state index contributed by atoms with van der Waals surface area (Å²) in [7, 11) is 1.59. The molecule has 0 spiro atoms. The van der Waals surface area contributed by atoms with E-state index in [0.29, 0.717) is 26.1 Å². The molecule has 2 aromatic rings. The van der Waals surface area contributed by atoms with Crippen LogP contribution in [-0.2, 0) is 14.3 Å². The highest BCUT2D eigenvalue weighted by atomic mass is 16.5. The van der Waals surface area contributed by atoms with Gasteiger partial charge in [-0.2, -0.15) is 0 Å². The van der Waals surface area contributed by atoms with Gasteiger partial charge in [0.1, 0.15) is 0 Å². The third-order valence-corrected chi connectivity index (χ3v) is 4.26. The van der Waals surface area contributed by atoms with Crippen molar-refractivity contribution in [2.24, 2.45) is 11.7 Å². The van der Waals surface area contributed by atoms with Crippen LogP contribution >= 0.6 is 0 Å². The summed E-state index contributed by atoms with van der Waals surface area (Å²) in [5.74, 6) is -0.476. The summed E-state index contributed by atoms with van der Waals surface area (Å²) in [6.45, 7) is 2.55. The average Bonchev–Trinajstić information content (AvgIpc) is 2.66. The van der Waals surface area contributed by atoms with Gasteiger partial charge in [0, 0.05) is 13.2 Å². The molecule has 0 aliphatic heterocycles. The van der Waals surface area contributed by atoms with E-state index in [-0.39, 0.29) is 17.9 Å². The second-order valence-electron chi connectivity index (χ2n) is 6.08. The highest BCUT2D eigenvalue weighted by molar-refractivity contribution is 5.72. The van der Waals surface area contributed by atoms with E-state index in [1.807, 2.05) is 25.1 Å². The van der Waals surface area contributed by atoms with Crippen LogP contribution in [-0.4, -0.2) is 26.3 Å². The molecule has 0 aromatic heterocycles. The number of rotatable bonds is 9. The summed E-state index contributed by atoms with van der Waals surface area (Å²) < 4.78 is 10.2. The zero-order chi connectivity index (χ0) is 18.1. The van der Waals surface area contributed by atoms with Gasteiger partial charge < -0.3 is 15.2 Å². The lowest BCUT2D eigenvalue weighted by molar-refractivity contribution is -0.150. The number of hydrogen-bond acceptors (Lipinski definition) is 4. The van der Waals surface area contributed by atoms with Gasteiger partial charge in [-0.1, -0.05) is 54.6 Å². The third-order valence-electron chi connectivity index (χ3n) is 4.26. The molecule has 2 aromatic carbocycles. The fourth-order valence-corrected chi connectivity index (χ4v) is 2.83. The lowest BCUT2D eigenvalue weighted by Crippen LogP contribution is -2.24. The number of ether oxygens (including phenoxy) is 2. The predicted molar refractivity (Wildman–Crippen MR) is 100 cm³/mol. The van der Waals surface area contributed by atoms with E-state index in [1.54, 1.807) is 7.11 Å². The lowest BCUT2D eigenvalue weighted by Gasteiger charge is -2.18. The van der Waals surface area contributed by atoms with Crippen molar-refractivity contribution in [3.8, 4) is 11.1 Å². The molecule has 0 aliphatic rings. The van der Waals surface area contributed by atoms with Crippen LogP contribution in [0.1, 0.15) is 31.4 Å². The van der Waals surface area contributed by atoms with Crippen LogP contribution < -0.4 is 5.73 Å². The van der Waals surface area contributed by atoms with Gasteiger partial charge in [-0.05, 0) is 36.5 Å². The Balaban J connectivity index is 1.95. The summed E-state index contributed by atoms with van der Waals surface area (Å²) in [4.78, 5) is 11.9. The van der Waals surface area contributed by atoms with Gasteiger partial charge in [-0.25, -0.2) is 0 Å². The Kier molecular flexibility index (Phi) is 7.64. The van der Waals surface area contributed by atoms with E-state index in [0.717, 1.165) is 5.56 Å². The zero-order valence-electron chi connectivity index (χ0n) is 15.0. The quantitative estimate of drug-likeness (QED) is 0.701. The molecular weight excluding hydrogens is 314 g/mol. The average molecular weight is 341 g/mol. The van der Waals surface area contributed by atoms with Crippen LogP contribution in [0.15, 0.2) is 54.6 Å². The highest BCUT2D eigenvalue weighted by Gasteiger charge is 2.21. The van der Waals surface area contributed by atoms with Gasteiger partial charge in [0.05, 0.1) is 19.1 Å². The van der Waals surface area contributed by atoms with Crippen molar-refractivity contribution in [1.29, 1.82) is 0 Å². The Hall–Kier alpha value is -2.17. The Morgan fingerprint density at radius 3 is 2.24 bits per heavy atom. The van der Waals surface area contributed by atoms with E-state index in [1.165, 1.54) is 11.1 Å². The summed E-state index contributed by atoms with van der Waals surface area (Å²) >= 11 is 0. The maximum Gasteiger partial charge on any atom is 0.311 e. The molecule has 0 radical (unpaired) electrons. The number of esters is 1. The topological polar surface area (TPSA) is 61.5 Å². The number of nitrogens with two attached hydrogens (primary N) is 1. The minimum absolute atomic E-state index is 0.112. The smallest absolute Gasteiger partial charge is 0.311 e. The van der Waals surface area contributed by atoms with Crippen LogP contribution in [0.4, 0.5) is 0 Å². The molecule has 2 rings (SSSR count). The molecule has 4 heteroatoms. The lowest BCUT2D eigenvalue weighted by atomic mass is 9.95. The fourth-order valence-electron chi connectivity index (χ4n) is 2.83. The normalized spacial score (nSPS) is 13.2. The van der Waals surface area contributed by atoms with Crippen LogP contribution in [0.25, 0.3) is 11.1 Å². The van der Waals surface area contributed by atoms with E-state index in [2.05, 4.69) is 36.4 Å². The first-order valence-corrected chi connectivity index (χ1v) is 8.72. The second kappa shape index (κ2) is 9.97. The molecule has 134 valence electrons. The van der Waals surface area contributed by atoms with Gasteiger partial charge in [-0.15, -0.1) is 0 Å². The molecule has 0 saturated heterocycles. The van der Waals surface area contributed by atoms with Gasteiger partial charge in [-0.3, -0.25) is 4.79 Å². The Morgan fingerprint density at radius 2 is 1.64 bits per heavy atom. The van der Waals surface area contributed by atoms with Crippen molar-refractivity contribution in [2.45, 2.75) is 25.8 Å². The van der Waals surface area contributed by atoms with Crippen molar-refractivity contribution < 1.29 is 14.3 Å². The molecule has 2 atom stereocenters. The van der Waals surface area contributed by atoms with Crippen molar-refractivity contribution in [3.05, 3.63) is 60.2 Å². The maximum absolute atomic E-state index is 11.9. The monoisotopic (exact) mass is 341 g/mol. The first-order chi connectivity index (χ1) is 12.2. The van der Waals surface area contributed by atoms with Crippen molar-refractivity contribution in [1.82, 2.24) is 0 Å². The zero-order valence-corrected chi connectivity index (χ0v) is 15.0. The standard InChI is InChI=1S/C21H27NO3/c1-3-25-21(23)19(15-24-2)13-14-20(22)18-11-9-17(10-12-18)16-7-5-4-6-8-16/h4-12,19-20H,3,13-15,22H2,1-2H3. The first-order valence-electron chi connectivity index (χ1n) is 8.72. The van der Waals surface area contributed by atoms with Crippen molar-refractivity contribution in [2.75, 3.05) is 20.3 Å². The van der Waals surface area contributed by atoms with Crippen LogP contribution in [0.2, 0.25) is 0 Å². The fraction of sp³-hybridized carbons (Fsp3) is 0.381. The molecule has 4 nitrogen and oxygen atoms in total. The van der Waals surface area contributed by atoms with Gasteiger partial charge in [0.2, 0.25) is 0 Å². The van der Waals surface area contributed by atoms with Crippen LogP contribution in [0, 0.1) is 5.92 Å². The number of carbonyl (C=O) groups is 1. The minimum Gasteiger partial charge on any atom is -0.466 e. The summed E-state index contributed by atoms with van der Waals surface area (Å²) in [6.07, 6.45) is 1.35. The van der Waals surface area contributed by atoms with Crippen molar-refractivity contribution >= 4 is 5.97 Å². The molecule has 2 unspecified atom stereocenters. The van der Waals surface area contributed by atoms with E-state index < -0.39 is 0 Å². The van der Waals surface area contributed by atoms with Crippen molar-refractivity contribution in [3.63, 3.8) is 0 Å². The number of methoxy groups -OCH3 is 1. The van der Waals surface area contributed by atoms with E-state index in [4.69, 9.17) is 15.2 Å². The molecule has 0 fully saturated rings. The third kappa shape index (κ3) is 5.69. The first kappa shape index (κ1) is 19.2. The number of carbonyl (C=O) groups excluding carboxylic acids is 1.